The number of hydrogen-bond donors (Lipinski definition) is 0. The van der Waals surface area contributed by atoms with E-state index in [-0.39, 0.29) is 11.7 Å². The molecule has 1 aromatic rings. The van der Waals surface area contributed by atoms with Gasteiger partial charge in [0.05, 0.1) is 0 Å². The first-order valence-electron chi connectivity index (χ1n) is 5.07. The first-order chi connectivity index (χ1) is 7.50. The Morgan fingerprint density at radius 3 is 2.50 bits per heavy atom. The standard InChI is InChI=1S/C12H14F2OS/c1-8(2)7-10(15)9-5-3-4-6-11(9)16-12(13)14/h3-6,8,12H,7H2,1-2H3. The van der Waals surface area contributed by atoms with Gasteiger partial charge < -0.3 is 0 Å². The maximum Gasteiger partial charge on any atom is 0.288 e. The summed E-state index contributed by atoms with van der Waals surface area (Å²) in [6, 6.07) is 6.53. The molecule has 0 saturated heterocycles. The number of ketones is 1. The summed E-state index contributed by atoms with van der Waals surface area (Å²) in [4.78, 5) is 12.2. The van der Waals surface area contributed by atoms with Crippen LogP contribution < -0.4 is 0 Å². The normalized spacial score (nSPS) is 11.1. The van der Waals surface area contributed by atoms with E-state index in [9.17, 15) is 13.6 Å². The summed E-state index contributed by atoms with van der Waals surface area (Å²) < 4.78 is 24.6. The van der Waals surface area contributed by atoms with Crippen LogP contribution in [0.1, 0.15) is 30.6 Å². The lowest BCUT2D eigenvalue weighted by Gasteiger charge is -2.08. The lowest BCUT2D eigenvalue weighted by Crippen LogP contribution is -2.05. The van der Waals surface area contributed by atoms with Gasteiger partial charge in [-0.15, -0.1) is 0 Å². The van der Waals surface area contributed by atoms with Crippen molar-refractivity contribution in [2.75, 3.05) is 0 Å². The number of halogens is 2. The zero-order valence-electron chi connectivity index (χ0n) is 9.24. The van der Waals surface area contributed by atoms with Crippen LogP contribution in [0.25, 0.3) is 0 Å². The summed E-state index contributed by atoms with van der Waals surface area (Å²) >= 11 is 0.426. The van der Waals surface area contributed by atoms with Gasteiger partial charge >= 0.3 is 0 Å². The fraction of sp³-hybridized carbons (Fsp3) is 0.417. The van der Waals surface area contributed by atoms with E-state index in [1.165, 1.54) is 0 Å². The van der Waals surface area contributed by atoms with E-state index in [4.69, 9.17) is 0 Å². The molecule has 0 spiro atoms. The van der Waals surface area contributed by atoms with Gasteiger partial charge in [-0.2, -0.15) is 8.78 Å². The van der Waals surface area contributed by atoms with Crippen molar-refractivity contribution in [1.82, 2.24) is 0 Å². The molecule has 0 aliphatic carbocycles. The summed E-state index contributed by atoms with van der Waals surface area (Å²) in [7, 11) is 0. The van der Waals surface area contributed by atoms with E-state index in [0.717, 1.165) is 0 Å². The molecule has 1 rings (SSSR count). The van der Waals surface area contributed by atoms with E-state index < -0.39 is 5.76 Å². The van der Waals surface area contributed by atoms with Gasteiger partial charge in [0.1, 0.15) is 0 Å². The molecule has 0 heterocycles. The summed E-state index contributed by atoms with van der Waals surface area (Å²) in [5, 5.41) is 0. The van der Waals surface area contributed by atoms with Crippen molar-refractivity contribution in [3.8, 4) is 0 Å². The number of thioether (sulfide) groups is 1. The van der Waals surface area contributed by atoms with Crippen LogP contribution >= 0.6 is 11.8 Å². The van der Waals surface area contributed by atoms with Gasteiger partial charge in [-0.05, 0) is 12.0 Å². The highest BCUT2D eigenvalue weighted by molar-refractivity contribution is 7.99. The highest BCUT2D eigenvalue weighted by Gasteiger charge is 2.15. The Hall–Kier alpha value is -0.900. The number of rotatable bonds is 5. The van der Waals surface area contributed by atoms with E-state index in [0.29, 0.717) is 28.6 Å². The highest BCUT2D eigenvalue weighted by atomic mass is 32.2. The molecule has 0 saturated carbocycles. The van der Waals surface area contributed by atoms with Crippen molar-refractivity contribution in [3.05, 3.63) is 29.8 Å². The molecule has 0 fully saturated rings. The highest BCUT2D eigenvalue weighted by Crippen LogP contribution is 2.29. The van der Waals surface area contributed by atoms with Crippen LogP contribution in [0, 0.1) is 5.92 Å². The lowest BCUT2D eigenvalue weighted by molar-refractivity contribution is 0.0965. The first-order valence-corrected chi connectivity index (χ1v) is 5.95. The van der Waals surface area contributed by atoms with E-state index in [1.54, 1.807) is 24.3 Å². The van der Waals surface area contributed by atoms with E-state index >= 15 is 0 Å². The van der Waals surface area contributed by atoms with Gasteiger partial charge in [0, 0.05) is 16.9 Å². The largest absolute Gasteiger partial charge is 0.294 e. The van der Waals surface area contributed by atoms with Gasteiger partial charge in [0.15, 0.2) is 5.78 Å². The number of hydrogen-bond acceptors (Lipinski definition) is 2. The number of benzene rings is 1. The van der Waals surface area contributed by atoms with Gasteiger partial charge in [0.2, 0.25) is 0 Å². The molecule has 0 aromatic heterocycles. The van der Waals surface area contributed by atoms with Gasteiger partial charge in [0.25, 0.3) is 5.76 Å². The Labute approximate surface area is 98.2 Å². The molecule has 1 aromatic carbocycles. The summed E-state index contributed by atoms with van der Waals surface area (Å²) in [5.74, 6) is -2.33. The molecule has 0 bridgehead atoms. The van der Waals surface area contributed by atoms with Crippen LogP contribution in [0.4, 0.5) is 8.78 Å². The van der Waals surface area contributed by atoms with Crippen molar-refractivity contribution < 1.29 is 13.6 Å². The van der Waals surface area contributed by atoms with Gasteiger partial charge in [-0.1, -0.05) is 43.8 Å². The zero-order valence-corrected chi connectivity index (χ0v) is 10.1. The minimum Gasteiger partial charge on any atom is -0.294 e. The Morgan fingerprint density at radius 1 is 1.31 bits per heavy atom. The van der Waals surface area contributed by atoms with Crippen molar-refractivity contribution in [1.29, 1.82) is 0 Å². The second-order valence-corrected chi connectivity index (χ2v) is 4.93. The van der Waals surface area contributed by atoms with Gasteiger partial charge in [-0.3, -0.25) is 4.79 Å². The number of Topliss-reactive ketones (excluding diaryl/α,β-unsaturated/α-hetero) is 1. The first kappa shape index (κ1) is 13.2. The molecule has 0 aliphatic rings. The maximum atomic E-state index is 12.3. The molecule has 0 amide bonds. The Balaban J connectivity index is 2.89. The minimum absolute atomic E-state index is 0.0706. The van der Waals surface area contributed by atoms with E-state index in [1.807, 2.05) is 13.8 Å². The zero-order chi connectivity index (χ0) is 12.1. The molecule has 0 unspecified atom stereocenters. The fourth-order valence-electron chi connectivity index (χ4n) is 1.38. The van der Waals surface area contributed by atoms with Crippen molar-refractivity contribution in [2.45, 2.75) is 30.9 Å². The number of carbonyl (C=O) groups excluding carboxylic acids is 1. The van der Waals surface area contributed by atoms with Crippen molar-refractivity contribution >= 4 is 17.5 Å². The summed E-state index contributed by atoms with van der Waals surface area (Å²) in [6.45, 7) is 3.86. The van der Waals surface area contributed by atoms with Crippen LogP contribution in [-0.4, -0.2) is 11.5 Å². The average molecular weight is 244 g/mol. The number of alkyl halides is 2. The molecular formula is C12H14F2OS. The summed E-state index contributed by atoms with van der Waals surface area (Å²) in [6.07, 6.45) is 0.390. The second-order valence-electron chi connectivity index (χ2n) is 3.90. The van der Waals surface area contributed by atoms with E-state index in [2.05, 4.69) is 0 Å². The Bertz CT molecular complexity index is 364. The third-order valence-electron chi connectivity index (χ3n) is 2.00. The Kier molecular flexibility index (Phi) is 4.93. The van der Waals surface area contributed by atoms with Crippen LogP contribution in [0.2, 0.25) is 0 Å². The van der Waals surface area contributed by atoms with Crippen LogP contribution in [0.3, 0.4) is 0 Å². The molecule has 1 nitrogen and oxygen atoms in total. The molecule has 4 heteroatoms. The van der Waals surface area contributed by atoms with Crippen molar-refractivity contribution in [2.24, 2.45) is 5.92 Å². The fourth-order valence-corrected chi connectivity index (χ4v) is 2.03. The smallest absolute Gasteiger partial charge is 0.288 e. The molecule has 0 N–H and O–H groups in total. The molecule has 0 radical (unpaired) electrons. The third-order valence-corrected chi connectivity index (χ3v) is 2.79. The monoisotopic (exact) mass is 244 g/mol. The minimum atomic E-state index is -2.49. The summed E-state index contributed by atoms with van der Waals surface area (Å²) in [5.41, 5.74) is 0.404. The molecule has 88 valence electrons. The quantitative estimate of drug-likeness (QED) is 0.569. The SMILES string of the molecule is CC(C)CC(=O)c1ccccc1SC(F)F. The molecule has 0 aliphatic heterocycles. The molecule has 16 heavy (non-hydrogen) atoms. The molecular weight excluding hydrogens is 230 g/mol. The number of carbonyl (C=O) groups is 1. The average Bonchev–Trinajstić information content (AvgIpc) is 2.16. The van der Waals surface area contributed by atoms with Crippen LogP contribution in [-0.2, 0) is 0 Å². The van der Waals surface area contributed by atoms with Gasteiger partial charge in [-0.25, -0.2) is 0 Å². The topological polar surface area (TPSA) is 17.1 Å². The lowest BCUT2D eigenvalue weighted by atomic mass is 10.0. The van der Waals surface area contributed by atoms with Crippen molar-refractivity contribution in [3.63, 3.8) is 0 Å². The van der Waals surface area contributed by atoms with Crippen LogP contribution in [0.15, 0.2) is 29.2 Å². The second kappa shape index (κ2) is 5.99. The maximum absolute atomic E-state index is 12.3. The van der Waals surface area contributed by atoms with Crippen LogP contribution in [0.5, 0.6) is 0 Å². The predicted octanol–water partition coefficient (Wildman–Crippen LogP) is 4.23. The Morgan fingerprint density at radius 2 is 1.94 bits per heavy atom. The third kappa shape index (κ3) is 3.93. The predicted molar refractivity (Wildman–Crippen MR) is 62.1 cm³/mol. The molecule has 0 atom stereocenters.